The van der Waals surface area contributed by atoms with E-state index in [1.807, 2.05) is 0 Å². The van der Waals surface area contributed by atoms with Gasteiger partial charge >= 0.3 is 0 Å². The van der Waals surface area contributed by atoms with Gasteiger partial charge in [-0.2, -0.15) is 0 Å². The number of allylic oxidation sites excluding steroid dienone is 7. The van der Waals surface area contributed by atoms with Crippen molar-refractivity contribution in [1.82, 2.24) is 5.32 Å². The van der Waals surface area contributed by atoms with Crippen LogP contribution >= 0.6 is 0 Å². The monoisotopic (exact) mass is 369 g/mol. The van der Waals surface area contributed by atoms with E-state index in [1.54, 1.807) is 6.92 Å². The highest BCUT2D eigenvalue weighted by atomic mass is 16.1. The second-order valence-electron chi connectivity index (χ2n) is 7.90. The number of rotatable bonds is 12. The Kier molecular flexibility index (Phi) is 11.5. The molecule has 0 atom stereocenters. The van der Waals surface area contributed by atoms with Crippen LogP contribution < -0.4 is 5.32 Å². The summed E-state index contributed by atoms with van der Waals surface area (Å²) in [6.45, 7) is 13.4. The lowest BCUT2D eigenvalue weighted by Crippen LogP contribution is -2.15. The van der Waals surface area contributed by atoms with Gasteiger partial charge in [0.2, 0.25) is 0 Å². The van der Waals surface area contributed by atoms with Crippen molar-refractivity contribution in [2.24, 2.45) is 0 Å². The molecule has 0 aliphatic heterocycles. The first-order valence-corrected chi connectivity index (χ1v) is 10.6. The van der Waals surface area contributed by atoms with E-state index >= 15 is 0 Å². The highest BCUT2D eigenvalue weighted by Crippen LogP contribution is 2.21. The van der Waals surface area contributed by atoms with Gasteiger partial charge in [-0.3, -0.25) is 0 Å². The zero-order valence-electron chi connectivity index (χ0n) is 18.0. The molecule has 0 saturated heterocycles. The SMILES string of the molecule is C=C(NCCCCCCCC(C)=O)C(/C=C\C1=C(C)CCCC=C1)=C(C)C. The van der Waals surface area contributed by atoms with Crippen molar-refractivity contribution >= 4 is 5.78 Å². The summed E-state index contributed by atoms with van der Waals surface area (Å²) in [5.74, 6) is 0.306. The third-order valence-electron chi connectivity index (χ3n) is 5.05. The first-order chi connectivity index (χ1) is 12.9. The first-order valence-electron chi connectivity index (χ1n) is 10.6. The standard InChI is InChI=1S/C25H39NO/c1-20(2)25(18-17-24-16-12-9-10-14-21(24)3)23(5)26-19-13-8-6-7-11-15-22(4)27/h12,16-18,26H,5-11,13-15,19H2,1-4H3/b18-17-. The quantitative estimate of drug-likeness (QED) is 0.297. The van der Waals surface area contributed by atoms with Crippen LogP contribution in [0, 0.1) is 0 Å². The average Bonchev–Trinajstić information content (AvgIpc) is 2.81. The second kappa shape index (κ2) is 13.4. The number of hydrogen-bond acceptors (Lipinski definition) is 2. The molecule has 0 aromatic rings. The van der Waals surface area contributed by atoms with Gasteiger partial charge in [0.1, 0.15) is 5.78 Å². The van der Waals surface area contributed by atoms with Gasteiger partial charge in [0.25, 0.3) is 0 Å². The molecule has 0 bridgehead atoms. The fraction of sp³-hybridized carbons (Fsp3) is 0.560. The largest absolute Gasteiger partial charge is 0.385 e. The van der Waals surface area contributed by atoms with Gasteiger partial charge in [0, 0.05) is 18.7 Å². The predicted molar refractivity (Wildman–Crippen MR) is 119 cm³/mol. The maximum atomic E-state index is 10.9. The number of ketones is 1. The molecule has 0 fully saturated rings. The van der Waals surface area contributed by atoms with Crippen LogP contribution in [0.2, 0.25) is 0 Å². The molecule has 0 amide bonds. The Hall–Kier alpha value is -1.83. The zero-order chi connectivity index (χ0) is 20.1. The average molecular weight is 370 g/mol. The van der Waals surface area contributed by atoms with Crippen molar-refractivity contribution in [1.29, 1.82) is 0 Å². The molecule has 0 unspecified atom stereocenters. The number of carbonyl (C=O) groups excluding carboxylic acids is 1. The molecule has 2 nitrogen and oxygen atoms in total. The summed E-state index contributed by atoms with van der Waals surface area (Å²) in [5, 5.41) is 3.49. The number of Topliss-reactive ketones (excluding diaryl/α,β-unsaturated/α-hetero) is 1. The van der Waals surface area contributed by atoms with Crippen molar-refractivity contribution < 1.29 is 4.79 Å². The summed E-state index contributed by atoms with van der Waals surface area (Å²) in [6.07, 6.45) is 19.1. The molecule has 1 rings (SSSR count). The van der Waals surface area contributed by atoms with Gasteiger partial charge in [0.05, 0.1) is 0 Å². The highest BCUT2D eigenvalue weighted by Gasteiger charge is 2.04. The number of nitrogens with one attached hydrogen (secondary N) is 1. The van der Waals surface area contributed by atoms with Crippen LogP contribution in [0.25, 0.3) is 0 Å². The molecule has 0 spiro atoms. The smallest absolute Gasteiger partial charge is 0.129 e. The van der Waals surface area contributed by atoms with Crippen molar-refractivity contribution in [2.45, 2.75) is 85.5 Å². The Balaban J connectivity index is 2.42. The predicted octanol–water partition coefficient (Wildman–Crippen LogP) is 6.97. The van der Waals surface area contributed by atoms with Crippen LogP contribution in [-0.4, -0.2) is 12.3 Å². The molecule has 0 aromatic heterocycles. The normalized spacial score (nSPS) is 14.4. The number of carbonyl (C=O) groups is 1. The third kappa shape index (κ3) is 10.2. The fourth-order valence-electron chi connectivity index (χ4n) is 3.29. The van der Waals surface area contributed by atoms with Crippen LogP contribution in [-0.2, 0) is 4.79 Å². The summed E-state index contributed by atoms with van der Waals surface area (Å²) in [6, 6.07) is 0. The first kappa shape index (κ1) is 23.2. The fourth-order valence-corrected chi connectivity index (χ4v) is 3.29. The van der Waals surface area contributed by atoms with Crippen molar-refractivity contribution in [3.05, 3.63) is 58.9 Å². The van der Waals surface area contributed by atoms with E-state index in [9.17, 15) is 4.79 Å². The molecular weight excluding hydrogens is 330 g/mol. The van der Waals surface area contributed by atoms with Crippen LogP contribution in [0.5, 0.6) is 0 Å². The van der Waals surface area contributed by atoms with Gasteiger partial charge < -0.3 is 10.1 Å². The summed E-state index contributed by atoms with van der Waals surface area (Å²) >= 11 is 0. The minimum atomic E-state index is 0.306. The van der Waals surface area contributed by atoms with E-state index in [4.69, 9.17) is 0 Å². The minimum Gasteiger partial charge on any atom is -0.385 e. The molecule has 0 radical (unpaired) electrons. The van der Waals surface area contributed by atoms with Crippen LogP contribution in [0.4, 0.5) is 0 Å². The van der Waals surface area contributed by atoms with E-state index < -0.39 is 0 Å². The Morgan fingerprint density at radius 2 is 1.85 bits per heavy atom. The highest BCUT2D eigenvalue weighted by molar-refractivity contribution is 5.75. The Bertz CT molecular complexity index is 612. The summed E-state index contributed by atoms with van der Waals surface area (Å²) < 4.78 is 0. The Morgan fingerprint density at radius 1 is 1.15 bits per heavy atom. The van der Waals surface area contributed by atoms with E-state index in [-0.39, 0.29) is 0 Å². The van der Waals surface area contributed by atoms with E-state index in [0.717, 1.165) is 37.9 Å². The van der Waals surface area contributed by atoms with E-state index in [0.29, 0.717) is 5.78 Å². The van der Waals surface area contributed by atoms with Crippen LogP contribution in [0.3, 0.4) is 0 Å². The maximum absolute atomic E-state index is 10.9. The molecule has 1 N–H and O–H groups in total. The second-order valence-corrected chi connectivity index (χ2v) is 7.90. The van der Waals surface area contributed by atoms with Gasteiger partial charge in [-0.1, -0.05) is 61.3 Å². The summed E-state index contributed by atoms with van der Waals surface area (Å²) in [7, 11) is 0. The van der Waals surface area contributed by atoms with Crippen molar-refractivity contribution in [2.75, 3.05) is 6.54 Å². The molecule has 2 heteroatoms. The lowest BCUT2D eigenvalue weighted by Gasteiger charge is -2.13. The minimum absolute atomic E-state index is 0.306. The van der Waals surface area contributed by atoms with Crippen LogP contribution in [0.1, 0.15) is 85.5 Å². The Labute approximate surface area is 167 Å². The molecule has 1 aliphatic carbocycles. The van der Waals surface area contributed by atoms with Crippen molar-refractivity contribution in [3.63, 3.8) is 0 Å². The summed E-state index contributed by atoms with van der Waals surface area (Å²) in [5.41, 5.74) is 6.30. The van der Waals surface area contributed by atoms with Crippen molar-refractivity contribution in [3.8, 4) is 0 Å². The van der Waals surface area contributed by atoms with E-state index in [1.165, 1.54) is 54.4 Å². The molecule has 150 valence electrons. The van der Waals surface area contributed by atoms with Gasteiger partial charge in [-0.15, -0.1) is 0 Å². The van der Waals surface area contributed by atoms with Gasteiger partial charge in [-0.05, 0) is 70.9 Å². The molecule has 1 aliphatic rings. The molecular formula is C25H39NO. The number of unbranched alkanes of at least 4 members (excludes halogenated alkanes) is 4. The molecule has 0 heterocycles. The third-order valence-corrected chi connectivity index (χ3v) is 5.05. The lowest BCUT2D eigenvalue weighted by atomic mass is 10.0. The maximum Gasteiger partial charge on any atom is 0.129 e. The molecule has 0 saturated carbocycles. The van der Waals surface area contributed by atoms with Gasteiger partial charge in [0.15, 0.2) is 0 Å². The van der Waals surface area contributed by atoms with Crippen LogP contribution in [0.15, 0.2) is 58.9 Å². The molecule has 0 aromatic carbocycles. The zero-order valence-corrected chi connectivity index (χ0v) is 18.0. The van der Waals surface area contributed by atoms with Gasteiger partial charge in [-0.25, -0.2) is 0 Å². The summed E-state index contributed by atoms with van der Waals surface area (Å²) in [4.78, 5) is 10.9. The lowest BCUT2D eigenvalue weighted by molar-refractivity contribution is -0.117. The number of hydrogen-bond donors (Lipinski definition) is 1. The van der Waals surface area contributed by atoms with E-state index in [2.05, 4.69) is 57.0 Å². The topological polar surface area (TPSA) is 29.1 Å². The Morgan fingerprint density at radius 3 is 2.56 bits per heavy atom. The molecule has 27 heavy (non-hydrogen) atoms.